The summed E-state index contributed by atoms with van der Waals surface area (Å²) in [6.07, 6.45) is 5.20. The number of fused-ring (bicyclic) bond motifs is 5. The van der Waals surface area contributed by atoms with Crippen LogP contribution >= 0.6 is 11.6 Å². The first kappa shape index (κ1) is 19.5. The minimum absolute atomic E-state index is 0.139. The largest absolute Gasteiger partial charge is 0.269 e. The number of hydrogen-bond acceptors (Lipinski definition) is 3. The van der Waals surface area contributed by atoms with Gasteiger partial charge in [-0.15, -0.1) is 0 Å². The van der Waals surface area contributed by atoms with Gasteiger partial charge in [0.15, 0.2) is 0 Å². The molecule has 1 saturated carbocycles. The van der Waals surface area contributed by atoms with Crippen LogP contribution < -0.4 is 4.31 Å². The maximum atomic E-state index is 13.0. The summed E-state index contributed by atoms with van der Waals surface area (Å²) >= 11 is 6.20. The SMILES string of the molecule is C[SiH](C)C.Cc1c(N2C[C@@H]3[C@@H]([C@@H]4C=C[C@H]3C4)S2(=O)=O)ccc(C#N)c1Cl. The van der Waals surface area contributed by atoms with Crippen molar-refractivity contribution in [2.45, 2.75) is 38.2 Å². The Kier molecular flexibility index (Phi) is 5.26. The van der Waals surface area contributed by atoms with Crippen LogP contribution in [0, 0.1) is 36.0 Å². The minimum Gasteiger partial charge on any atom is -0.269 e. The summed E-state index contributed by atoms with van der Waals surface area (Å²) < 4.78 is 27.4. The third-order valence-corrected chi connectivity index (χ3v) is 8.15. The summed E-state index contributed by atoms with van der Waals surface area (Å²) in [5.41, 5.74) is 1.64. The Balaban J connectivity index is 0.000000447. The number of nitrogens with zero attached hydrogens (tertiary/aromatic N) is 2. The quantitative estimate of drug-likeness (QED) is 0.521. The summed E-state index contributed by atoms with van der Waals surface area (Å²) in [4.78, 5) is 0. The van der Waals surface area contributed by atoms with Gasteiger partial charge < -0.3 is 0 Å². The van der Waals surface area contributed by atoms with Crippen LogP contribution in [0.1, 0.15) is 17.5 Å². The fourth-order valence-corrected chi connectivity index (χ4v) is 6.99. The number of allylic oxidation sites excluding steroid dienone is 2. The first-order valence-corrected chi connectivity index (χ1v) is 14.4. The van der Waals surface area contributed by atoms with Gasteiger partial charge in [0.05, 0.1) is 21.5 Å². The Labute approximate surface area is 163 Å². The van der Waals surface area contributed by atoms with Gasteiger partial charge in [0, 0.05) is 21.3 Å². The van der Waals surface area contributed by atoms with Gasteiger partial charge in [0.1, 0.15) is 6.07 Å². The molecule has 4 atom stereocenters. The molecule has 0 N–H and O–H groups in total. The third kappa shape index (κ3) is 3.10. The van der Waals surface area contributed by atoms with E-state index in [0.717, 1.165) is 6.42 Å². The first-order valence-electron chi connectivity index (χ1n) is 9.07. The van der Waals surface area contributed by atoms with E-state index in [-0.39, 0.29) is 25.9 Å². The highest BCUT2D eigenvalue weighted by Crippen LogP contribution is 2.53. The lowest BCUT2D eigenvalue weighted by atomic mass is 9.93. The van der Waals surface area contributed by atoms with Crippen molar-refractivity contribution >= 4 is 36.1 Å². The minimum atomic E-state index is -3.37. The van der Waals surface area contributed by atoms with Crippen molar-refractivity contribution in [3.05, 3.63) is 40.4 Å². The molecule has 4 nitrogen and oxygen atoms in total. The van der Waals surface area contributed by atoms with E-state index in [4.69, 9.17) is 16.9 Å². The monoisotopic (exact) mass is 408 g/mol. The Bertz CT molecular complexity index is 889. The van der Waals surface area contributed by atoms with Gasteiger partial charge in [0.25, 0.3) is 0 Å². The van der Waals surface area contributed by atoms with Crippen molar-refractivity contribution in [2.24, 2.45) is 17.8 Å². The zero-order chi connectivity index (χ0) is 19.2. The molecule has 4 rings (SSSR count). The number of rotatable bonds is 1. The fraction of sp³-hybridized carbons (Fsp3) is 0.526. The zero-order valence-corrected chi connectivity index (χ0v) is 18.3. The van der Waals surface area contributed by atoms with Crippen molar-refractivity contribution in [1.29, 1.82) is 5.26 Å². The van der Waals surface area contributed by atoms with Gasteiger partial charge in [-0.2, -0.15) is 5.26 Å². The number of anilines is 1. The molecule has 1 saturated heterocycles. The molecule has 2 aliphatic carbocycles. The molecule has 3 aliphatic rings. The van der Waals surface area contributed by atoms with E-state index < -0.39 is 10.0 Å². The molecule has 0 unspecified atom stereocenters. The number of halogens is 1. The molecule has 0 radical (unpaired) electrons. The summed E-state index contributed by atoms with van der Waals surface area (Å²) in [6.45, 7) is 9.20. The second-order valence-electron chi connectivity index (χ2n) is 8.07. The van der Waals surface area contributed by atoms with E-state index in [1.165, 1.54) is 4.31 Å². The van der Waals surface area contributed by atoms with Crippen molar-refractivity contribution in [3.8, 4) is 6.07 Å². The molecular weight excluding hydrogens is 384 g/mol. The van der Waals surface area contributed by atoms with E-state index >= 15 is 0 Å². The highest BCUT2D eigenvalue weighted by molar-refractivity contribution is 7.93. The van der Waals surface area contributed by atoms with E-state index in [0.29, 0.717) is 34.3 Å². The van der Waals surface area contributed by atoms with Crippen LogP contribution in [0.4, 0.5) is 5.69 Å². The van der Waals surface area contributed by atoms with Crippen LogP contribution in [0.25, 0.3) is 0 Å². The fourth-order valence-electron chi connectivity index (χ4n) is 4.27. The molecule has 1 aliphatic heterocycles. The normalized spacial score (nSPS) is 30.1. The Morgan fingerprint density at radius 1 is 1.23 bits per heavy atom. The molecule has 0 aromatic heterocycles. The molecule has 2 fully saturated rings. The van der Waals surface area contributed by atoms with Crippen molar-refractivity contribution in [3.63, 3.8) is 0 Å². The highest BCUT2D eigenvalue weighted by atomic mass is 35.5. The van der Waals surface area contributed by atoms with Crippen LogP contribution in [0.3, 0.4) is 0 Å². The van der Waals surface area contributed by atoms with Gasteiger partial charge >= 0.3 is 0 Å². The molecule has 0 spiro atoms. The Morgan fingerprint density at radius 2 is 1.85 bits per heavy atom. The predicted molar refractivity (Wildman–Crippen MR) is 110 cm³/mol. The smallest absolute Gasteiger partial charge is 0.239 e. The average Bonchev–Trinajstić information content (AvgIpc) is 3.22. The maximum absolute atomic E-state index is 13.0. The van der Waals surface area contributed by atoms with E-state index in [1.54, 1.807) is 19.1 Å². The number of benzene rings is 1. The molecular formula is C19H25ClN2O2SSi. The molecule has 1 aromatic carbocycles. The van der Waals surface area contributed by atoms with Gasteiger partial charge in [-0.3, -0.25) is 4.31 Å². The molecule has 0 amide bonds. The lowest BCUT2D eigenvalue weighted by Gasteiger charge is -2.23. The first-order chi connectivity index (χ1) is 12.2. The van der Waals surface area contributed by atoms with Crippen LogP contribution in [0.5, 0.6) is 0 Å². The van der Waals surface area contributed by atoms with Crippen LogP contribution in [-0.2, 0) is 10.0 Å². The van der Waals surface area contributed by atoms with Gasteiger partial charge in [-0.1, -0.05) is 43.4 Å². The van der Waals surface area contributed by atoms with Crippen LogP contribution in [0.15, 0.2) is 24.3 Å². The predicted octanol–water partition coefficient (Wildman–Crippen LogP) is 3.96. The summed E-state index contributed by atoms with van der Waals surface area (Å²) in [6, 6.07) is 5.33. The van der Waals surface area contributed by atoms with Gasteiger partial charge in [-0.25, -0.2) is 8.42 Å². The maximum Gasteiger partial charge on any atom is 0.239 e. The lowest BCUT2D eigenvalue weighted by Crippen LogP contribution is -2.32. The van der Waals surface area contributed by atoms with Crippen molar-refractivity contribution in [1.82, 2.24) is 0 Å². The average molecular weight is 409 g/mol. The Morgan fingerprint density at radius 3 is 2.42 bits per heavy atom. The molecule has 26 heavy (non-hydrogen) atoms. The number of sulfonamides is 1. The standard InChI is InChI=1S/C16H15ClN2O2S.C3H10Si/c1-9-14(5-4-12(7-18)15(9)17)19-8-13-10-2-3-11(6-10)16(13)22(19,20)21;1-4(2)3/h2-5,10-11,13,16H,6,8H2,1H3;4H,1-3H3/t10-,11+,13-,16+;/m0./s1. The number of hydrogen-bond donors (Lipinski definition) is 0. The molecule has 140 valence electrons. The van der Waals surface area contributed by atoms with Crippen LogP contribution in [-0.4, -0.2) is 29.0 Å². The second-order valence-corrected chi connectivity index (χ2v) is 13.9. The van der Waals surface area contributed by atoms with Gasteiger partial charge in [0.2, 0.25) is 10.0 Å². The summed E-state index contributed by atoms with van der Waals surface area (Å²) in [5.74, 6) is 0.705. The highest BCUT2D eigenvalue weighted by Gasteiger charge is 2.58. The molecule has 1 aromatic rings. The van der Waals surface area contributed by atoms with Crippen molar-refractivity contribution < 1.29 is 8.42 Å². The number of nitriles is 1. The van der Waals surface area contributed by atoms with Crippen LogP contribution in [0.2, 0.25) is 24.7 Å². The summed E-state index contributed by atoms with van der Waals surface area (Å²) in [7, 11) is -3.51. The molecule has 1 heterocycles. The topological polar surface area (TPSA) is 61.2 Å². The lowest BCUT2D eigenvalue weighted by molar-refractivity contribution is 0.485. The molecule has 2 bridgehead atoms. The van der Waals surface area contributed by atoms with E-state index in [1.807, 2.05) is 6.07 Å². The van der Waals surface area contributed by atoms with E-state index in [9.17, 15) is 8.42 Å². The van der Waals surface area contributed by atoms with E-state index in [2.05, 4.69) is 31.8 Å². The van der Waals surface area contributed by atoms with Crippen molar-refractivity contribution in [2.75, 3.05) is 10.8 Å². The zero-order valence-electron chi connectivity index (χ0n) is 15.6. The van der Waals surface area contributed by atoms with Gasteiger partial charge in [-0.05, 0) is 42.9 Å². The molecule has 7 heteroatoms. The summed E-state index contributed by atoms with van der Waals surface area (Å²) in [5, 5.41) is 9.08. The Hall–Kier alpha value is -1.29. The second kappa shape index (κ2) is 7.03. The third-order valence-electron chi connectivity index (χ3n) is 5.32.